The fourth-order valence-electron chi connectivity index (χ4n) is 3.22. The van der Waals surface area contributed by atoms with Crippen molar-refractivity contribution in [3.8, 4) is 5.75 Å². The number of methoxy groups -OCH3 is 1. The first-order valence-electron chi connectivity index (χ1n) is 8.62. The Morgan fingerprint density at radius 3 is 2.41 bits per heavy atom. The van der Waals surface area contributed by atoms with E-state index in [0.29, 0.717) is 23.3 Å². The lowest BCUT2D eigenvalue weighted by Crippen LogP contribution is -2.53. The van der Waals surface area contributed by atoms with Gasteiger partial charge in [-0.05, 0) is 41.0 Å². The Labute approximate surface area is 155 Å². The quantitative estimate of drug-likeness (QED) is 0.739. The van der Waals surface area contributed by atoms with Crippen LogP contribution in [0.3, 0.4) is 0 Å². The summed E-state index contributed by atoms with van der Waals surface area (Å²) in [5, 5.41) is 29.3. The molecule has 2 aromatic carbocycles. The molecule has 1 heterocycles. The number of rotatable bonds is 5. The molecule has 0 saturated carbocycles. The molecule has 27 heavy (non-hydrogen) atoms. The van der Waals surface area contributed by atoms with Crippen LogP contribution in [0.15, 0.2) is 42.5 Å². The standard InChI is InChI=1S/C20H22F2O5/c1-26-14-5-2-11(3-6-14)8-13-9-12(4-7-15(13)21)20-19(25)18(24)17(22)16(10-23)27-20/h2-7,9,16-20,23-25H,8,10H2,1H3. The van der Waals surface area contributed by atoms with Crippen LogP contribution in [0.1, 0.15) is 22.8 Å². The number of aliphatic hydroxyl groups is 3. The van der Waals surface area contributed by atoms with Gasteiger partial charge in [0.25, 0.3) is 0 Å². The minimum absolute atomic E-state index is 0.296. The summed E-state index contributed by atoms with van der Waals surface area (Å²) in [7, 11) is 1.56. The summed E-state index contributed by atoms with van der Waals surface area (Å²) >= 11 is 0. The van der Waals surface area contributed by atoms with Crippen LogP contribution in [-0.4, -0.2) is 53.5 Å². The third kappa shape index (κ3) is 4.11. The largest absolute Gasteiger partial charge is 0.497 e. The highest BCUT2D eigenvalue weighted by Crippen LogP contribution is 2.34. The lowest BCUT2D eigenvalue weighted by Gasteiger charge is -2.39. The van der Waals surface area contributed by atoms with Gasteiger partial charge in [0.05, 0.1) is 13.7 Å². The maximum Gasteiger partial charge on any atom is 0.157 e. The third-order valence-electron chi connectivity index (χ3n) is 4.79. The zero-order chi connectivity index (χ0) is 19.6. The van der Waals surface area contributed by atoms with E-state index in [1.54, 1.807) is 19.2 Å². The number of ether oxygens (including phenoxy) is 2. The number of benzene rings is 2. The van der Waals surface area contributed by atoms with Gasteiger partial charge in [0.1, 0.15) is 36.0 Å². The normalized spacial score (nSPS) is 28.1. The van der Waals surface area contributed by atoms with Crippen LogP contribution >= 0.6 is 0 Å². The summed E-state index contributed by atoms with van der Waals surface area (Å²) in [4.78, 5) is 0. The number of hydrogen-bond donors (Lipinski definition) is 3. The van der Waals surface area contributed by atoms with Gasteiger partial charge < -0.3 is 24.8 Å². The minimum atomic E-state index is -1.90. The van der Waals surface area contributed by atoms with Crippen molar-refractivity contribution in [3.63, 3.8) is 0 Å². The van der Waals surface area contributed by atoms with E-state index < -0.39 is 43.0 Å². The van der Waals surface area contributed by atoms with Gasteiger partial charge >= 0.3 is 0 Å². The molecule has 1 saturated heterocycles. The van der Waals surface area contributed by atoms with E-state index in [1.807, 2.05) is 12.1 Å². The van der Waals surface area contributed by atoms with Gasteiger partial charge in [0, 0.05) is 6.42 Å². The van der Waals surface area contributed by atoms with Crippen molar-refractivity contribution in [3.05, 3.63) is 65.0 Å². The van der Waals surface area contributed by atoms with Crippen molar-refractivity contribution in [1.29, 1.82) is 0 Å². The molecular weight excluding hydrogens is 358 g/mol. The summed E-state index contributed by atoms with van der Waals surface area (Å²) in [6.45, 7) is -0.638. The second-order valence-corrected chi connectivity index (χ2v) is 6.58. The molecular formula is C20H22F2O5. The number of alkyl halides is 1. The second-order valence-electron chi connectivity index (χ2n) is 6.58. The fourth-order valence-corrected chi connectivity index (χ4v) is 3.22. The first-order chi connectivity index (χ1) is 12.9. The number of halogens is 2. The van der Waals surface area contributed by atoms with Crippen LogP contribution < -0.4 is 4.74 Å². The van der Waals surface area contributed by atoms with Crippen LogP contribution in [0.5, 0.6) is 5.75 Å². The monoisotopic (exact) mass is 380 g/mol. The molecule has 0 radical (unpaired) electrons. The van der Waals surface area contributed by atoms with E-state index in [9.17, 15) is 24.1 Å². The Morgan fingerprint density at radius 2 is 1.78 bits per heavy atom. The maximum atomic E-state index is 14.3. The SMILES string of the molecule is COc1ccc(Cc2cc(C3OC(CO)C(F)C(O)C3O)ccc2F)cc1. The summed E-state index contributed by atoms with van der Waals surface area (Å²) in [6.07, 6.45) is -7.16. The molecule has 0 bridgehead atoms. The average Bonchev–Trinajstić information content (AvgIpc) is 2.69. The van der Waals surface area contributed by atoms with Gasteiger partial charge in [-0.3, -0.25) is 0 Å². The molecule has 3 rings (SSSR count). The van der Waals surface area contributed by atoms with Crippen molar-refractivity contribution in [1.82, 2.24) is 0 Å². The predicted octanol–water partition coefficient (Wildman–Crippen LogP) is 1.92. The summed E-state index contributed by atoms with van der Waals surface area (Å²) in [5.41, 5.74) is 1.62. The van der Waals surface area contributed by atoms with E-state index >= 15 is 0 Å². The molecule has 0 aliphatic carbocycles. The number of aliphatic hydroxyl groups excluding tert-OH is 3. The molecule has 1 aliphatic rings. The molecule has 5 nitrogen and oxygen atoms in total. The molecule has 0 aromatic heterocycles. The number of hydrogen-bond acceptors (Lipinski definition) is 5. The van der Waals surface area contributed by atoms with Crippen molar-refractivity contribution < 1.29 is 33.6 Å². The summed E-state index contributed by atoms with van der Waals surface area (Å²) in [6, 6.07) is 11.4. The zero-order valence-corrected chi connectivity index (χ0v) is 14.8. The second kappa shape index (κ2) is 8.31. The van der Waals surface area contributed by atoms with Crippen LogP contribution in [0, 0.1) is 5.82 Å². The minimum Gasteiger partial charge on any atom is -0.497 e. The Hall–Kier alpha value is -2.06. The van der Waals surface area contributed by atoms with Gasteiger partial charge in [0.15, 0.2) is 6.17 Å². The van der Waals surface area contributed by atoms with Gasteiger partial charge in [-0.2, -0.15) is 0 Å². The highest BCUT2D eigenvalue weighted by molar-refractivity contribution is 5.35. The van der Waals surface area contributed by atoms with E-state index in [4.69, 9.17) is 9.47 Å². The maximum absolute atomic E-state index is 14.3. The van der Waals surface area contributed by atoms with E-state index in [2.05, 4.69) is 0 Å². The predicted molar refractivity (Wildman–Crippen MR) is 93.8 cm³/mol. The lowest BCUT2D eigenvalue weighted by atomic mass is 9.90. The van der Waals surface area contributed by atoms with Crippen LogP contribution in [0.2, 0.25) is 0 Å². The molecule has 5 unspecified atom stereocenters. The lowest BCUT2D eigenvalue weighted by molar-refractivity contribution is -0.214. The van der Waals surface area contributed by atoms with E-state index in [1.165, 1.54) is 18.2 Å². The molecule has 2 aromatic rings. The van der Waals surface area contributed by atoms with Gasteiger partial charge in [-0.25, -0.2) is 8.78 Å². The first-order valence-corrected chi connectivity index (χ1v) is 8.62. The molecule has 146 valence electrons. The van der Waals surface area contributed by atoms with Gasteiger partial charge in [-0.1, -0.05) is 18.2 Å². The van der Waals surface area contributed by atoms with E-state index in [-0.39, 0.29) is 0 Å². The van der Waals surface area contributed by atoms with Crippen LogP contribution in [-0.2, 0) is 11.2 Å². The highest BCUT2D eigenvalue weighted by Gasteiger charge is 2.45. The first kappa shape index (κ1) is 19.7. The average molecular weight is 380 g/mol. The zero-order valence-electron chi connectivity index (χ0n) is 14.8. The van der Waals surface area contributed by atoms with Crippen molar-refractivity contribution in [2.24, 2.45) is 0 Å². The third-order valence-corrected chi connectivity index (χ3v) is 4.79. The molecule has 1 aliphatic heterocycles. The fraction of sp³-hybridized carbons (Fsp3) is 0.400. The Bertz CT molecular complexity index is 765. The van der Waals surface area contributed by atoms with Crippen molar-refractivity contribution >= 4 is 0 Å². The molecule has 1 fully saturated rings. The molecule has 0 spiro atoms. The molecule has 7 heteroatoms. The van der Waals surface area contributed by atoms with Crippen LogP contribution in [0.4, 0.5) is 8.78 Å². The summed E-state index contributed by atoms with van der Waals surface area (Å²) < 4.78 is 38.7. The van der Waals surface area contributed by atoms with Gasteiger partial charge in [0.2, 0.25) is 0 Å². The highest BCUT2D eigenvalue weighted by atomic mass is 19.1. The molecule has 3 N–H and O–H groups in total. The Balaban J connectivity index is 1.85. The Morgan fingerprint density at radius 1 is 1.07 bits per heavy atom. The van der Waals surface area contributed by atoms with Crippen molar-refractivity contribution in [2.75, 3.05) is 13.7 Å². The molecule has 0 amide bonds. The topological polar surface area (TPSA) is 79.2 Å². The van der Waals surface area contributed by atoms with E-state index in [0.717, 1.165) is 5.56 Å². The van der Waals surface area contributed by atoms with Gasteiger partial charge in [-0.15, -0.1) is 0 Å². The smallest absolute Gasteiger partial charge is 0.157 e. The molecule has 5 atom stereocenters. The van der Waals surface area contributed by atoms with Crippen molar-refractivity contribution in [2.45, 2.75) is 37.0 Å². The summed E-state index contributed by atoms with van der Waals surface area (Å²) in [5.74, 6) is 0.263. The van der Waals surface area contributed by atoms with Crippen LogP contribution in [0.25, 0.3) is 0 Å². The Kier molecular flexibility index (Phi) is 6.06.